The van der Waals surface area contributed by atoms with Crippen molar-refractivity contribution in [2.45, 2.75) is 39.8 Å². The summed E-state index contributed by atoms with van der Waals surface area (Å²) in [5.41, 5.74) is 4.53. The van der Waals surface area contributed by atoms with Crippen molar-refractivity contribution in [1.82, 2.24) is 4.90 Å². The Morgan fingerprint density at radius 2 is 1.56 bits per heavy atom. The summed E-state index contributed by atoms with van der Waals surface area (Å²) in [7, 11) is 0. The molecule has 1 fully saturated rings. The Kier molecular flexibility index (Phi) is 7.34. The monoisotopic (exact) mass is 483 g/mol. The fraction of sp³-hybridized carbons (Fsp3) is 0.233. The van der Waals surface area contributed by atoms with Crippen molar-refractivity contribution >= 4 is 23.4 Å². The lowest BCUT2D eigenvalue weighted by molar-refractivity contribution is -0.140. The zero-order chi connectivity index (χ0) is 25.8. The van der Waals surface area contributed by atoms with Gasteiger partial charge in [-0.25, -0.2) is 4.79 Å². The first-order valence-corrected chi connectivity index (χ1v) is 12.0. The first kappa shape index (κ1) is 24.9. The minimum atomic E-state index is -0.750. The van der Waals surface area contributed by atoms with Crippen LogP contribution in [0, 0.1) is 6.92 Å². The number of Topliss-reactive ketones (excluding diaryl/α,β-unsaturated/α-hetero) is 1. The zero-order valence-corrected chi connectivity index (χ0v) is 20.7. The molecule has 0 spiro atoms. The standard InChI is InChI=1S/C30H29NO5/c1-4-20-9-13-22(14-10-20)27(32)25-26(24-8-6-7-19(3)17-24)31(29(34)28(25)33)18-21-11-15-23(16-12-21)30(35)36-5-2/h6-17,26,32H,4-5,18H2,1-3H3/b27-25+. The van der Waals surface area contributed by atoms with Crippen LogP contribution in [0.1, 0.15) is 58.1 Å². The van der Waals surface area contributed by atoms with Gasteiger partial charge >= 0.3 is 5.97 Å². The summed E-state index contributed by atoms with van der Waals surface area (Å²) >= 11 is 0. The average Bonchev–Trinajstić information content (AvgIpc) is 3.14. The second-order valence-electron chi connectivity index (χ2n) is 8.81. The van der Waals surface area contributed by atoms with E-state index in [1.807, 2.05) is 50.2 Å². The summed E-state index contributed by atoms with van der Waals surface area (Å²) in [4.78, 5) is 40.0. The summed E-state index contributed by atoms with van der Waals surface area (Å²) in [5, 5.41) is 11.2. The van der Waals surface area contributed by atoms with Gasteiger partial charge in [0.15, 0.2) is 0 Å². The minimum absolute atomic E-state index is 0.0676. The number of carbonyl (C=O) groups excluding carboxylic acids is 3. The van der Waals surface area contributed by atoms with E-state index in [9.17, 15) is 19.5 Å². The molecule has 3 aromatic rings. The van der Waals surface area contributed by atoms with Gasteiger partial charge in [-0.05, 0) is 49.1 Å². The quantitative estimate of drug-likeness (QED) is 0.212. The third-order valence-electron chi connectivity index (χ3n) is 6.35. The lowest BCUT2D eigenvalue weighted by atomic mass is 9.94. The summed E-state index contributed by atoms with van der Waals surface area (Å²) in [6.07, 6.45) is 0.851. The molecule has 1 heterocycles. The Morgan fingerprint density at radius 3 is 2.17 bits per heavy atom. The van der Waals surface area contributed by atoms with E-state index in [0.717, 1.165) is 28.7 Å². The van der Waals surface area contributed by atoms with Crippen molar-refractivity contribution in [3.8, 4) is 0 Å². The van der Waals surface area contributed by atoms with Crippen LogP contribution in [-0.4, -0.2) is 34.3 Å². The van der Waals surface area contributed by atoms with Crippen LogP contribution in [0.15, 0.2) is 78.4 Å². The molecule has 3 aromatic carbocycles. The third-order valence-corrected chi connectivity index (χ3v) is 6.35. The highest BCUT2D eigenvalue weighted by atomic mass is 16.5. The van der Waals surface area contributed by atoms with Gasteiger partial charge in [0, 0.05) is 12.1 Å². The van der Waals surface area contributed by atoms with Crippen LogP contribution < -0.4 is 0 Å². The van der Waals surface area contributed by atoms with Crippen LogP contribution in [0.25, 0.3) is 5.76 Å². The van der Waals surface area contributed by atoms with Crippen LogP contribution in [0.5, 0.6) is 0 Å². The molecule has 6 heteroatoms. The molecule has 0 aromatic heterocycles. The van der Waals surface area contributed by atoms with Gasteiger partial charge in [-0.3, -0.25) is 9.59 Å². The van der Waals surface area contributed by atoms with Crippen LogP contribution in [0.4, 0.5) is 0 Å². The second kappa shape index (κ2) is 10.6. The molecule has 0 bridgehead atoms. The summed E-state index contributed by atoms with van der Waals surface area (Å²) < 4.78 is 5.03. The number of rotatable bonds is 7. The highest BCUT2D eigenvalue weighted by Gasteiger charge is 2.46. The van der Waals surface area contributed by atoms with E-state index >= 15 is 0 Å². The lowest BCUT2D eigenvalue weighted by Crippen LogP contribution is -2.29. The Bertz CT molecular complexity index is 1320. The van der Waals surface area contributed by atoms with Crippen LogP contribution >= 0.6 is 0 Å². The van der Waals surface area contributed by atoms with Crippen molar-refractivity contribution in [3.05, 3.63) is 112 Å². The summed E-state index contributed by atoms with van der Waals surface area (Å²) in [6.45, 7) is 6.14. The van der Waals surface area contributed by atoms with Gasteiger partial charge in [-0.15, -0.1) is 0 Å². The lowest BCUT2D eigenvalue weighted by Gasteiger charge is -2.26. The number of ether oxygens (including phenoxy) is 1. The third kappa shape index (κ3) is 4.93. The molecule has 4 rings (SSSR count). The molecule has 1 saturated heterocycles. The van der Waals surface area contributed by atoms with Crippen molar-refractivity contribution < 1.29 is 24.2 Å². The molecule has 0 aliphatic carbocycles. The Balaban J connectivity index is 1.76. The van der Waals surface area contributed by atoms with Gasteiger partial charge in [-0.2, -0.15) is 0 Å². The number of aryl methyl sites for hydroxylation is 2. The summed E-state index contributed by atoms with van der Waals surface area (Å²) in [5.74, 6) is -2.01. The predicted octanol–water partition coefficient (Wildman–Crippen LogP) is 5.36. The molecular formula is C30H29NO5. The topological polar surface area (TPSA) is 83.9 Å². The molecule has 1 N–H and O–H groups in total. The van der Waals surface area contributed by atoms with Crippen LogP contribution in [0.2, 0.25) is 0 Å². The number of ketones is 1. The predicted molar refractivity (Wildman–Crippen MR) is 137 cm³/mol. The molecule has 1 aliphatic heterocycles. The highest BCUT2D eigenvalue weighted by molar-refractivity contribution is 6.46. The van der Waals surface area contributed by atoms with Gasteiger partial charge in [-0.1, -0.05) is 73.2 Å². The first-order chi connectivity index (χ1) is 17.3. The van der Waals surface area contributed by atoms with Gasteiger partial charge in [0.2, 0.25) is 0 Å². The van der Waals surface area contributed by atoms with E-state index < -0.39 is 23.7 Å². The Labute approximate surface area is 210 Å². The normalized spacial score (nSPS) is 16.9. The fourth-order valence-electron chi connectivity index (χ4n) is 4.44. The highest BCUT2D eigenvalue weighted by Crippen LogP contribution is 2.40. The molecule has 0 radical (unpaired) electrons. The molecule has 6 nitrogen and oxygen atoms in total. The van der Waals surface area contributed by atoms with Crippen molar-refractivity contribution in [2.75, 3.05) is 6.61 Å². The number of benzene rings is 3. The largest absolute Gasteiger partial charge is 0.507 e. The molecule has 36 heavy (non-hydrogen) atoms. The van der Waals surface area contributed by atoms with E-state index in [4.69, 9.17) is 4.74 Å². The van der Waals surface area contributed by atoms with Crippen molar-refractivity contribution in [3.63, 3.8) is 0 Å². The number of hydrogen-bond acceptors (Lipinski definition) is 5. The fourth-order valence-corrected chi connectivity index (χ4v) is 4.44. The molecule has 1 aliphatic rings. The number of esters is 1. The van der Waals surface area contributed by atoms with Crippen LogP contribution in [-0.2, 0) is 27.3 Å². The average molecular weight is 484 g/mol. The molecule has 1 unspecified atom stereocenters. The molecule has 0 saturated carbocycles. The zero-order valence-electron chi connectivity index (χ0n) is 20.7. The number of nitrogens with zero attached hydrogens (tertiary/aromatic N) is 1. The first-order valence-electron chi connectivity index (χ1n) is 12.0. The van der Waals surface area contributed by atoms with Crippen molar-refractivity contribution in [1.29, 1.82) is 0 Å². The molecule has 1 amide bonds. The maximum atomic E-state index is 13.3. The summed E-state index contributed by atoms with van der Waals surface area (Å²) in [6, 6.07) is 20.9. The SMILES string of the molecule is CCOC(=O)c1ccc(CN2C(=O)C(=O)/C(=C(/O)c3ccc(CC)cc3)C2c2cccc(C)c2)cc1. The van der Waals surface area contributed by atoms with E-state index in [1.165, 1.54) is 4.90 Å². The number of likely N-dealkylation sites (tertiary alicyclic amines) is 1. The minimum Gasteiger partial charge on any atom is -0.507 e. The van der Waals surface area contributed by atoms with Gasteiger partial charge in [0.25, 0.3) is 11.7 Å². The molecular weight excluding hydrogens is 454 g/mol. The van der Waals surface area contributed by atoms with Gasteiger partial charge in [0.1, 0.15) is 5.76 Å². The Hall–Kier alpha value is -4.19. The van der Waals surface area contributed by atoms with Crippen LogP contribution in [0.3, 0.4) is 0 Å². The van der Waals surface area contributed by atoms with Gasteiger partial charge in [0.05, 0.1) is 23.8 Å². The Morgan fingerprint density at radius 1 is 0.917 bits per heavy atom. The molecule has 1 atom stereocenters. The maximum absolute atomic E-state index is 13.3. The van der Waals surface area contributed by atoms with E-state index in [-0.39, 0.29) is 24.5 Å². The van der Waals surface area contributed by atoms with E-state index in [1.54, 1.807) is 43.3 Å². The van der Waals surface area contributed by atoms with Gasteiger partial charge < -0.3 is 14.7 Å². The number of aliphatic hydroxyl groups is 1. The van der Waals surface area contributed by atoms with Crippen molar-refractivity contribution in [2.24, 2.45) is 0 Å². The smallest absolute Gasteiger partial charge is 0.338 e. The number of hydrogen-bond donors (Lipinski definition) is 1. The number of aliphatic hydroxyl groups excluding tert-OH is 1. The second-order valence-corrected chi connectivity index (χ2v) is 8.81. The maximum Gasteiger partial charge on any atom is 0.338 e. The number of carbonyl (C=O) groups is 3. The van der Waals surface area contributed by atoms with E-state index in [0.29, 0.717) is 11.1 Å². The molecule has 184 valence electrons. The van der Waals surface area contributed by atoms with E-state index in [2.05, 4.69) is 0 Å². The number of amides is 1.